The van der Waals surface area contributed by atoms with Crippen molar-refractivity contribution < 1.29 is 18.3 Å². The molecule has 2 N–H and O–H groups in total. The van der Waals surface area contributed by atoms with Crippen molar-refractivity contribution in [2.45, 2.75) is 31.4 Å². The number of carbonyl (C=O) groups is 1. The molecule has 34 heavy (non-hydrogen) atoms. The zero-order chi connectivity index (χ0) is 23.3. The van der Waals surface area contributed by atoms with E-state index >= 15 is 0 Å². The largest absolute Gasteiger partial charge is 0.373 e. The third-order valence-corrected chi connectivity index (χ3v) is 6.84. The van der Waals surface area contributed by atoms with E-state index in [1.807, 2.05) is 12.1 Å². The van der Waals surface area contributed by atoms with Gasteiger partial charge in [0.15, 0.2) is 0 Å². The lowest BCUT2D eigenvalue weighted by molar-refractivity contribution is -0.150. The first-order chi connectivity index (χ1) is 16.5. The second-order valence-corrected chi connectivity index (χ2v) is 8.99. The Balaban J connectivity index is 1.30. The van der Waals surface area contributed by atoms with E-state index in [4.69, 9.17) is 4.74 Å². The number of carbonyl (C=O) groups excluding carboxylic acids is 1. The molecule has 5 heterocycles. The Labute approximate surface area is 195 Å². The van der Waals surface area contributed by atoms with Gasteiger partial charge in [-0.25, -0.2) is 18.7 Å². The Hall–Kier alpha value is -3.59. The van der Waals surface area contributed by atoms with Gasteiger partial charge in [0.25, 0.3) is 5.91 Å². The van der Waals surface area contributed by atoms with Crippen molar-refractivity contribution in [1.82, 2.24) is 15.3 Å². The fourth-order valence-corrected chi connectivity index (χ4v) is 5.02. The minimum atomic E-state index is -0.715. The molecule has 6 rings (SSSR count). The van der Waals surface area contributed by atoms with Gasteiger partial charge < -0.3 is 20.3 Å². The zero-order valence-electron chi connectivity index (χ0n) is 18.4. The normalized spacial score (nSPS) is 21.2. The van der Waals surface area contributed by atoms with E-state index in [1.165, 1.54) is 24.3 Å². The Morgan fingerprint density at radius 3 is 2.65 bits per heavy atom. The number of aromatic nitrogens is 2. The summed E-state index contributed by atoms with van der Waals surface area (Å²) in [6.45, 7) is 2.83. The average molecular weight is 463 g/mol. The lowest BCUT2D eigenvalue weighted by atomic mass is 9.86. The molecule has 3 aliphatic heterocycles. The quantitative estimate of drug-likeness (QED) is 0.605. The zero-order valence-corrected chi connectivity index (χ0v) is 18.4. The molecule has 9 heteroatoms. The van der Waals surface area contributed by atoms with E-state index in [0.717, 1.165) is 44.6 Å². The molecule has 1 atom stereocenters. The molecular weight excluding hydrogens is 440 g/mol. The van der Waals surface area contributed by atoms with Crippen molar-refractivity contribution in [2.75, 3.05) is 29.9 Å². The van der Waals surface area contributed by atoms with Crippen LogP contribution in [-0.2, 0) is 11.3 Å². The lowest BCUT2D eigenvalue weighted by Crippen LogP contribution is -2.56. The number of rotatable bonds is 4. The molecule has 7 nitrogen and oxygen atoms in total. The third-order valence-electron chi connectivity index (χ3n) is 6.84. The maximum absolute atomic E-state index is 14.4. The van der Waals surface area contributed by atoms with E-state index in [0.29, 0.717) is 22.8 Å². The van der Waals surface area contributed by atoms with Crippen LogP contribution in [0.3, 0.4) is 0 Å². The maximum Gasteiger partial charge on any atom is 0.255 e. The molecule has 2 fully saturated rings. The Morgan fingerprint density at radius 1 is 1.12 bits per heavy atom. The fraction of sp³-hybridized carbons (Fsp3) is 0.320. The van der Waals surface area contributed by atoms with Crippen LogP contribution in [0.15, 0.2) is 42.6 Å². The van der Waals surface area contributed by atoms with Crippen LogP contribution in [0.1, 0.15) is 35.3 Å². The molecule has 1 unspecified atom stereocenters. The van der Waals surface area contributed by atoms with E-state index < -0.39 is 11.6 Å². The minimum Gasteiger partial charge on any atom is -0.373 e. The fourth-order valence-electron chi connectivity index (χ4n) is 5.02. The molecule has 1 aromatic carbocycles. The summed E-state index contributed by atoms with van der Waals surface area (Å²) in [6.07, 6.45) is 5.06. The van der Waals surface area contributed by atoms with Gasteiger partial charge >= 0.3 is 0 Å². The smallest absolute Gasteiger partial charge is 0.255 e. The van der Waals surface area contributed by atoms with Gasteiger partial charge in [-0.3, -0.25) is 4.79 Å². The minimum absolute atomic E-state index is 0.0154. The van der Waals surface area contributed by atoms with Crippen molar-refractivity contribution in [1.29, 1.82) is 0 Å². The van der Waals surface area contributed by atoms with E-state index in [9.17, 15) is 13.6 Å². The molecule has 2 aromatic heterocycles. The number of hydrogen-bond acceptors (Lipinski definition) is 6. The number of amides is 1. The SMILES string of the molecule is O=C1NCc2nc(-c3c(F)cccc3F)cc(Nc3ccc(N4CCCC5(CCO5)C4)cn3)c21. The summed E-state index contributed by atoms with van der Waals surface area (Å²) in [5.41, 5.74) is 2.07. The van der Waals surface area contributed by atoms with Crippen molar-refractivity contribution >= 4 is 23.1 Å². The lowest BCUT2D eigenvalue weighted by Gasteiger charge is -2.49. The van der Waals surface area contributed by atoms with Gasteiger partial charge in [-0.1, -0.05) is 6.07 Å². The Morgan fingerprint density at radius 2 is 1.94 bits per heavy atom. The van der Waals surface area contributed by atoms with Crippen LogP contribution in [0.4, 0.5) is 26.0 Å². The molecular formula is C25H23F2N5O2. The number of fused-ring (bicyclic) bond motifs is 1. The number of ether oxygens (including phenoxy) is 1. The molecule has 3 aromatic rings. The van der Waals surface area contributed by atoms with E-state index in [-0.39, 0.29) is 29.3 Å². The van der Waals surface area contributed by atoms with Gasteiger partial charge in [0.05, 0.1) is 58.8 Å². The summed E-state index contributed by atoms with van der Waals surface area (Å²) in [6, 6.07) is 8.97. The second-order valence-electron chi connectivity index (χ2n) is 8.99. The highest BCUT2D eigenvalue weighted by molar-refractivity contribution is 6.04. The average Bonchev–Trinajstić information content (AvgIpc) is 3.19. The van der Waals surface area contributed by atoms with Gasteiger partial charge in [-0.2, -0.15) is 0 Å². The number of nitrogens with zero attached hydrogens (tertiary/aromatic N) is 3. The monoisotopic (exact) mass is 463 g/mol. The van der Waals surface area contributed by atoms with Crippen molar-refractivity contribution in [3.8, 4) is 11.3 Å². The van der Waals surface area contributed by atoms with Gasteiger partial charge in [-0.05, 0) is 43.2 Å². The summed E-state index contributed by atoms with van der Waals surface area (Å²) < 4.78 is 34.7. The van der Waals surface area contributed by atoms with Gasteiger partial charge in [0.1, 0.15) is 17.5 Å². The Bertz CT molecular complexity index is 1260. The van der Waals surface area contributed by atoms with Crippen LogP contribution < -0.4 is 15.5 Å². The number of nitrogens with one attached hydrogen (secondary N) is 2. The third kappa shape index (κ3) is 3.56. The predicted molar refractivity (Wildman–Crippen MR) is 123 cm³/mol. The molecule has 0 radical (unpaired) electrons. The van der Waals surface area contributed by atoms with Crippen LogP contribution in [0.2, 0.25) is 0 Å². The molecule has 1 amide bonds. The molecule has 3 aliphatic rings. The van der Waals surface area contributed by atoms with Crippen molar-refractivity contribution in [3.63, 3.8) is 0 Å². The van der Waals surface area contributed by atoms with Gasteiger partial charge in [0.2, 0.25) is 0 Å². The number of anilines is 3. The molecule has 2 saturated heterocycles. The standard InChI is InChI=1S/C25H23F2N5O2/c26-16-3-1-4-17(27)22(16)18-11-19(23-20(30-18)13-29-24(23)33)31-21-6-5-15(12-28-21)32-9-2-7-25(14-32)8-10-34-25/h1,3-6,11-12H,2,7-10,13-14H2,(H,29,33)(H,28,30,31). The summed E-state index contributed by atoms with van der Waals surface area (Å²) in [4.78, 5) is 23.6. The van der Waals surface area contributed by atoms with Gasteiger partial charge in [-0.15, -0.1) is 0 Å². The topological polar surface area (TPSA) is 79.4 Å². The number of benzene rings is 1. The maximum atomic E-state index is 14.4. The van der Waals surface area contributed by atoms with Crippen LogP contribution in [0, 0.1) is 11.6 Å². The van der Waals surface area contributed by atoms with Crippen molar-refractivity contribution in [3.05, 3.63) is 65.5 Å². The second kappa shape index (κ2) is 8.02. The summed E-state index contributed by atoms with van der Waals surface area (Å²) in [5.74, 6) is -1.20. The highest BCUT2D eigenvalue weighted by atomic mass is 19.1. The van der Waals surface area contributed by atoms with E-state index in [1.54, 1.807) is 6.20 Å². The number of halogens is 2. The summed E-state index contributed by atoms with van der Waals surface area (Å²) >= 11 is 0. The summed E-state index contributed by atoms with van der Waals surface area (Å²) in [5, 5.41) is 5.87. The molecule has 0 saturated carbocycles. The van der Waals surface area contributed by atoms with E-state index in [2.05, 4.69) is 25.5 Å². The number of hydrogen-bond donors (Lipinski definition) is 2. The van der Waals surface area contributed by atoms with Crippen molar-refractivity contribution in [2.24, 2.45) is 0 Å². The molecule has 0 bridgehead atoms. The highest BCUT2D eigenvalue weighted by Gasteiger charge is 2.42. The predicted octanol–water partition coefficient (Wildman–Crippen LogP) is 4.17. The van der Waals surface area contributed by atoms with Crippen LogP contribution in [0.5, 0.6) is 0 Å². The van der Waals surface area contributed by atoms with Gasteiger partial charge in [0, 0.05) is 19.5 Å². The number of pyridine rings is 2. The van der Waals surface area contributed by atoms with Crippen LogP contribution >= 0.6 is 0 Å². The first-order valence-corrected chi connectivity index (χ1v) is 11.4. The summed E-state index contributed by atoms with van der Waals surface area (Å²) in [7, 11) is 0. The highest BCUT2D eigenvalue weighted by Crippen LogP contribution is 2.37. The van der Waals surface area contributed by atoms with Crippen LogP contribution in [0.25, 0.3) is 11.3 Å². The molecule has 174 valence electrons. The first-order valence-electron chi connectivity index (χ1n) is 11.4. The first kappa shape index (κ1) is 21.0. The number of piperidine rings is 1. The molecule has 1 spiro atoms. The Kier molecular flexibility index (Phi) is 4.95. The van der Waals surface area contributed by atoms with Crippen LogP contribution in [-0.4, -0.2) is 41.2 Å². The molecule has 0 aliphatic carbocycles.